The van der Waals surface area contributed by atoms with E-state index in [9.17, 15) is 4.79 Å². The maximum Gasteiger partial charge on any atom is 0.275 e. The number of nitrogens with one attached hydrogen (secondary N) is 1. The zero-order chi connectivity index (χ0) is 19.3. The molecule has 3 aliphatic heterocycles. The predicted octanol–water partition coefficient (Wildman–Crippen LogP) is 1.14. The Balaban J connectivity index is 1.29. The molecule has 28 heavy (non-hydrogen) atoms. The minimum Gasteiger partial charge on any atom is -0.369 e. The van der Waals surface area contributed by atoms with Gasteiger partial charge in [0.25, 0.3) is 5.91 Å². The number of hydrogen-bond acceptors (Lipinski definition) is 8. The van der Waals surface area contributed by atoms with Crippen LogP contribution in [0.3, 0.4) is 0 Å². The minimum atomic E-state index is -0.246. The van der Waals surface area contributed by atoms with E-state index in [0.29, 0.717) is 18.2 Å². The second-order valence-corrected chi connectivity index (χ2v) is 8.06. The highest BCUT2D eigenvalue weighted by Gasteiger charge is 2.63. The SMILES string of the molecule is CCc1cnc(N2C[C@@H]3[C@H](CNC(=O)c4nonc4C)[C@H]4CC[C@]3(C2)O4)nc1. The van der Waals surface area contributed by atoms with E-state index in [0.717, 1.165) is 43.9 Å². The first-order valence-corrected chi connectivity index (χ1v) is 9.90. The molecule has 9 nitrogen and oxygen atoms in total. The average Bonchev–Trinajstić information content (AvgIpc) is 3.46. The highest BCUT2D eigenvalue weighted by Crippen LogP contribution is 2.54. The Morgan fingerprint density at radius 1 is 1.36 bits per heavy atom. The van der Waals surface area contributed by atoms with E-state index in [1.54, 1.807) is 6.92 Å². The Labute approximate surface area is 162 Å². The smallest absolute Gasteiger partial charge is 0.275 e. The van der Waals surface area contributed by atoms with Crippen molar-refractivity contribution in [2.24, 2.45) is 11.8 Å². The van der Waals surface area contributed by atoms with Gasteiger partial charge in [-0.15, -0.1) is 0 Å². The summed E-state index contributed by atoms with van der Waals surface area (Å²) in [7, 11) is 0. The molecule has 3 saturated heterocycles. The van der Waals surface area contributed by atoms with Crippen LogP contribution in [0.5, 0.6) is 0 Å². The van der Waals surface area contributed by atoms with Crippen LogP contribution < -0.4 is 10.2 Å². The normalized spacial score (nSPS) is 30.6. The fourth-order valence-electron chi connectivity index (χ4n) is 5.04. The third-order valence-electron chi connectivity index (χ3n) is 6.53. The number of ether oxygens (including phenoxy) is 1. The summed E-state index contributed by atoms with van der Waals surface area (Å²) in [5.41, 5.74) is 1.74. The lowest BCUT2D eigenvalue weighted by molar-refractivity contribution is 0.0141. The number of hydrogen-bond donors (Lipinski definition) is 1. The molecule has 0 aliphatic carbocycles. The van der Waals surface area contributed by atoms with Gasteiger partial charge in [0.15, 0.2) is 5.69 Å². The zero-order valence-corrected chi connectivity index (χ0v) is 16.1. The Kier molecular flexibility index (Phi) is 4.08. The summed E-state index contributed by atoms with van der Waals surface area (Å²) < 4.78 is 11.1. The van der Waals surface area contributed by atoms with Crippen LogP contribution in [0.4, 0.5) is 5.95 Å². The van der Waals surface area contributed by atoms with Crippen molar-refractivity contribution in [1.29, 1.82) is 0 Å². The fraction of sp³-hybridized carbons (Fsp3) is 0.632. The second-order valence-electron chi connectivity index (χ2n) is 8.06. The van der Waals surface area contributed by atoms with Crippen molar-refractivity contribution < 1.29 is 14.2 Å². The molecule has 9 heteroatoms. The van der Waals surface area contributed by atoms with E-state index in [-0.39, 0.29) is 29.2 Å². The number of anilines is 1. The molecule has 5 rings (SSSR count). The molecule has 1 amide bonds. The Bertz CT molecular complexity index is 884. The van der Waals surface area contributed by atoms with Crippen LogP contribution in [-0.2, 0) is 11.2 Å². The molecule has 0 unspecified atom stereocenters. The van der Waals surface area contributed by atoms with E-state index >= 15 is 0 Å². The first kappa shape index (κ1) is 17.5. The molecule has 148 valence electrons. The lowest BCUT2D eigenvalue weighted by atomic mass is 9.73. The molecule has 0 aromatic carbocycles. The van der Waals surface area contributed by atoms with Crippen LogP contribution in [-0.4, -0.2) is 57.5 Å². The third-order valence-corrected chi connectivity index (χ3v) is 6.53. The molecule has 2 bridgehead atoms. The molecular formula is C19H24N6O3. The van der Waals surface area contributed by atoms with Crippen LogP contribution in [0.25, 0.3) is 0 Å². The van der Waals surface area contributed by atoms with E-state index < -0.39 is 0 Å². The maximum absolute atomic E-state index is 12.4. The predicted molar refractivity (Wildman–Crippen MR) is 98.8 cm³/mol. The number of fused-ring (bicyclic) bond motifs is 1. The molecule has 0 radical (unpaired) electrons. The van der Waals surface area contributed by atoms with Crippen LogP contribution >= 0.6 is 0 Å². The molecule has 3 aliphatic rings. The van der Waals surface area contributed by atoms with E-state index in [1.165, 1.54) is 0 Å². The molecule has 4 atom stereocenters. The zero-order valence-electron chi connectivity index (χ0n) is 16.1. The summed E-state index contributed by atoms with van der Waals surface area (Å²) in [6.45, 7) is 6.04. The largest absolute Gasteiger partial charge is 0.369 e. The van der Waals surface area contributed by atoms with Crippen molar-refractivity contribution in [3.8, 4) is 0 Å². The fourth-order valence-corrected chi connectivity index (χ4v) is 5.04. The Morgan fingerprint density at radius 2 is 2.18 bits per heavy atom. The molecule has 0 saturated carbocycles. The van der Waals surface area contributed by atoms with Gasteiger partial charge in [0, 0.05) is 37.3 Å². The van der Waals surface area contributed by atoms with E-state index in [2.05, 4.69) is 42.1 Å². The van der Waals surface area contributed by atoms with Crippen molar-refractivity contribution in [3.63, 3.8) is 0 Å². The highest BCUT2D eigenvalue weighted by atomic mass is 16.6. The lowest BCUT2D eigenvalue weighted by Crippen LogP contribution is -2.42. The number of rotatable bonds is 5. The van der Waals surface area contributed by atoms with Gasteiger partial charge in [-0.05, 0) is 36.9 Å². The quantitative estimate of drug-likeness (QED) is 0.818. The van der Waals surface area contributed by atoms with Gasteiger partial charge in [0.2, 0.25) is 5.95 Å². The number of amides is 1. The van der Waals surface area contributed by atoms with Crippen LogP contribution in [0.15, 0.2) is 17.0 Å². The summed E-state index contributed by atoms with van der Waals surface area (Å²) in [5.74, 6) is 1.15. The Morgan fingerprint density at radius 3 is 2.89 bits per heavy atom. The summed E-state index contributed by atoms with van der Waals surface area (Å²) >= 11 is 0. The molecule has 1 spiro atoms. The van der Waals surface area contributed by atoms with Gasteiger partial charge < -0.3 is 15.0 Å². The second kappa shape index (κ2) is 6.51. The van der Waals surface area contributed by atoms with Crippen molar-refractivity contribution >= 4 is 11.9 Å². The first-order valence-electron chi connectivity index (χ1n) is 9.90. The standard InChI is InChI=1S/C19H24N6O3/c1-3-12-6-21-18(22-7-12)25-9-14-13(15-4-5-19(14,10-25)27-15)8-20-17(26)16-11(2)23-28-24-16/h6-7,13-15H,3-5,8-10H2,1-2H3,(H,20,26)/t13-,14+,15+,19+/m0/s1. The highest BCUT2D eigenvalue weighted by molar-refractivity contribution is 5.92. The van der Waals surface area contributed by atoms with Gasteiger partial charge in [-0.25, -0.2) is 14.6 Å². The summed E-state index contributed by atoms with van der Waals surface area (Å²) in [6.07, 6.45) is 7.03. The monoisotopic (exact) mass is 384 g/mol. The van der Waals surface area contributed by atoms with Crippen molar-refractivity contribution in [1.82, 2.24) is 25.6 Å². The van der Waals surface area contributed by atoms with Crippen molar-refractivity contribution in [3.05, 3.63) is 29.3 Å². The summed E-state index contributed by atoms with van der Waals surface area (Å²) in [4.78, 5) is 23.7. The number of carbonyl (C=O) groups is 1. The number of carbonyl (C=O) groups excluding carboxylic acids is 1. The number of aromatic nitrogens is 4. The molecule has 3 fully saturated rings. The summed E-state index contributed by atoms with van der Waals surface area (Å²) in [5, 5.41) is 10.4. The number of aryl methyl sites for hydroxylation is 2. The molecule has 5 heterocycles. The van der Waals surface area contributed by atoms with Crippen molar-refractivity contribution in [2.75, 3.05) is 24.5 Å². The lowest BCUT2D eigenvalue weighted by Gasteiger charge is -2.29. The topological polar surface area (TPSA) is 106 Å². The minimum absolute atomic E-state index is 0.141. The van der Waals surface area contributed by atoms with Gasteiger partial charge >= 0.3 is 0 Å². The van der Waals surface area contributed by atoms with E-state index in [1.807, 2.05) is 12.4 Å². The molecule has 2 aromatic rings. The molecule has 2 aromatic heterocycles. The number of nitrogens with zero attached hydrogens (tertiary/aromatic N) is 5. The summed E-state index contributed by atoms with van der Waals surface area (Å²) in [6, 6.07) is 0. The average molecular weight is 384 g/mol. The van der Waals surface area contributed by atoms with Gasteiger partial charge in [-0.3, -0.25) is 4.79 Å². The maximum atomic E-state index is 12.4. The first-order chi connectivity index (χ1) is 13.6. The van der Waals surface area contributed by atoms with Gasteiger partial charge in [-0.1, -0.05) is 12.1 Å². The van der Waals surface area contributed by atoms with Crippen LogP contribution in [0.2, 0.25) is 0 Å². The molecular weight excluding hydrogens is 360 g/mol. The van der Waals surface area contributed by atoms with Crippen LogP contribution in [0.1, 0.15) is 41.5 Å². The Hall–Kier alpha value is -2.55. The third kappa shape index (κ3) is 2.68. The van der Waals surface area contributed by atoms with Crippen molar-refractivity contribution in [2.45, 2.75) is 44.8 Å². The molecule has 1 N–H and O–H groups in total. The van der Waals surface area contributed by atoms with Gasteiger partial charge in [-0.2, -0.15) is 0 Å². The van der Waals surface area contributed by atoms with Crippen LogP contribution in [0, 0.1) is 18.8 Å². The van der Waals surface area contributed by atoms with Gasteiger partial charge in [0.05, 0.1) is 18.2 Å². The van der Waals surface area contributed by atoms with Gasteiger partial charge in [0.1, 0.15) is 5.69 Å². The van der Waals surface area contributed by atoms with E-state index in [4.69, 9.17) is 4.74 Å².